The fourth-order valence-electron chi connectivity index (χ4n) is 0.728. The molecule has 0 aromatic rings. The van der Waals surface area contributed by atoms with Gasteiger partial charge < -0.3 is 0 Å². The van der Waals surface area contributed by atoms with Crippen LogP contribution in [0.4, 0.5) is 0 Å². The zero-order chi connectivity index (χ0) is 11.1. The minimum absolute atomic E-state index is 0.284. The zero-order valence-corrected chi connectivity index (χ0v) is 13.7. The quantitative estimate of drug-likeness (QED) is 0.503. The van der Waals surface area contributed by atoms with Gasteiger partial charge in [-0.05, 0) is 11.0 Å². The summed E-state index contributed by atoms with van der Waals surface area (Å²) in [4.78, 5) is 0. The smallest absolute Gasteiger partial charge is 0.144 e. The predicted molar refractivity (Wildman–Crippen MR) is 69.7 cm³/mol. The molecule has 0 atom stereocenters. The Bertz CT molecular complexity index is 184. The van der Waals surface area contributed by atoms with Crippen LogP contribution in [0.2, 0.25) is 5.04 Å². The molecule has 0 heterocycles. The summed E-state index contributed by atoms with van der Waals surface area (Å²) < 4.78 is 0. The molecule has 0 aromatic carbocycles. The highest BCUT2D eigenvalue weighted by atomic mass is 35.9. The molecule has 0 radical (unpaired) electrons. The third kappa shape index (κ3) is 2.93. The van der Waals surface area contributed by atoms with E-state index >= 15 is 0 Å². The van der Waals surface area contributed by atoms with Crippen molar-refractivity contribution in [2.75, 3.05) is 0 Å². The molecular weight excluding hydrogens is 306 g/mol. The third-order valence-electron chi connectivity index (χ3n) is 2.61. The van der Waals surface area contributed by atoms with Crippen molar-refractivity contribution < 1.29 is 0 Å². The topological polar surface area (TPSA) is 0 Å². The summed E-state index contributed by atoms with van der Waals surface area (Å²) in [6.07, 6.45) is -2.82. The van der Waals surface area contributed by atoms with Crippen molar-refractivity contribution in [2.45, 2.75) is 32.7 Å². The van der Waals surface area contributed by atoms with Crippen molar-refractivity contribution in [1.29, 1.82) is 0 Å². The highest BCUT2D eigenvalue weighted by molar-refractivity contribution is 8.02. The Kier molecular flexibility index (Phi) is 5.04. The van der Waals surface area contributed by atoms with E-state index in [9.17, 15) is 0 Å². The minimum atomic E-state index is -3.00. The van der Waals surface area contributed by atoms with Crippen molar-refractivity contribution in [3.63, 3.8) is 0 Å². The lowest BCUT2D eigenvalue weighted by atomic mass is 9.99. The second kappa shape index (κ2) is 4.40. The standard InChI is InChI=1S/C6H13Cl5Si2/c1-5(2)6(3,4)12(7,8)13(9,10)11/h5H,1-4H3. The van der Waals surface area contributed by atoms with Crippen LogP contribution in [0.1, 0.15) is 27.7 Å². The van der Waals surface area contributed by atoms with Crippen LogP contribution >= 0.6 is 55.4 Å². The maximum Gasteiger partial charge on any atom is 0.359 e. The van der Waals surface area contributed by atoms with Gasteiger partial charge in [0.05, 0.1) is 0 Å². The minimum Gasteiger partial charge on any atom is -0.144 e. The summed E-state index contributed by atoms with van der Waals surface area (Å²) in [7, 11) is 0. The Hall–Kier alpha value is 1.88. The molecule has 0 N–H and O–H groups in total. The molecule has 0 aromatic heterocycles. The van der Waals surface area contributed by atoms with E-state index in [-0.39, 0.29) is 5.04 Å². The molecule has 0 spiro atoms. The van der Waals surface area contributed by atoms with Gasteiger partial charge in [0.2, 0.25) is 0 Å². The Balaban J connectivity index is 5.04. The molecule has 80 valence electrons. The number of hydrogen-bond donors (Lipinski definition) is 0. The van der Waals surface area contributed by atoms with E-state index in [4.69, 9.17) is 55.4 Å². The van der Waals surface area contributed by atoms with Crippen LogP contribution in [0.15, 0.2) is 0 Å². The highest BCUT2D eigenvalue weighted by Crippen LogP contribution is 2.55. The Morgan fingerprint density at radius 3 is 1.31 bits per heavy atom. The van der Waals surface area contributed by atoms with Gasteiger partial charge in [-0.15, -0.1) is 55.4 Å². The molecule has 0 aliphatic carbocycles. The van der Waals surface area contributed by atoms with E-state index in [2.05, 4.69) is 0 Å². The van der Waals surface area contributed by atoms with Gasteiger partial charge in [-0.25, -0.2) is 0 Å². The molecule has 0 rings (SSSR count). The molecule has 0 aliphatic heterocycles. The maximum atomic E-state index is 6.27. The summed E-state index contributed by atoms with van der Waals surface area (Å²) in [5, 5.41) is -0.284. The van der Waals surface area contributed by atoms with Gasteiger partial charge in [0.1, 0.15) is 0 Å². The van der Waals surface area contributed by atoms with E-state index in [0.29, 0.717) is 5.92 Å². The molecule has 0 unspecified atom stereocenters. The average Bonchev–Trinajstić information content (AvgIpc) is 1.84. The molecule has 0 nitrogen and oxygen atoms in total. The van der Waals surface area contributed by atoms with Crippen molar-refractivity contribution in [3.8, 4) is 0 Å². The maximum absolute atomic E-state index is 6.27. The molecule has 7 heteroatoms. The summed E-state index contributed by atoms with van der Waals surface area (Å²) in [6.45, 7) is 8.02. The lowest BCUT2D eigenvalue weighted by Crippen LogP contribution is -2.53. The van der Waals surface area contributed by atoms with Crippen molar-refractivity contribution >= 4 is 67.1 Å². The summed E-state index contributed by atoms with van der Waals surface area (Å²) in [6, 6.07) is 0. The van der Waals surface area contributed by atoms with Gasteiger partial charge in [-0.1, -0.05) is 27.7 Å². The summed E-state index contributed by atoms with van der Waals surface area (Å²) in [5.41, 5.74) is -3.00. The monoisotopic (exact) mass is 316 g/mol. The van der Waals surface area contributed by atoms with Crippen LogP contribution in [0.25, 0.3) is 0 Å². The number of halogens is 5. The third-order valence-corrected chi connectivity index (χ3v) is 30.5. The van der Waals surface area contributed by atoms with Crippen molar-refractivity contribution in [1.82, 2.24) is 0 Å². The van der Waals surface area contributed by atoms with Crippen molar-refractivity contribution in [2.24, 2.45) is 5.92 Å². The molecule has 0 bridgehead atoms. The Morgan fingerprint density at radius 2 is 1.23 bits per heavy atom. The lowest BCUT2D eigenvalue weighted by Gasteiger charge is -2.41. The number of rotatable bonds is 3. The van der Waals surface area contributed by atoms with E-state index < -0.39 is 11.7 Å². The van der Waals surface area contributed by atoms with Crippen LogP contribution in [0.5, 0.6) is 0 Å². The zero-order valence-electron chi connectivity index (χ0n) is 7.97. The van der Waals surface area contributed by atoms with E-state index in [1.165, 1.54) is 0 Å². The average molecular weight is 319 g/mol. The van der Waals surface area contributed by atoms with Crippen molar-refractivity contribution in [3.05, 3.63) is 0 Å². The van der Waals surface area contributed by atoms with E-state index in [1.54, 1.807) is 0 Å². The largest absolute Gasteiger partial charge is 0.359 e. The normalized spacial score (nSPS) is 15.2. The highest BCUT2D eigenvalue weighted by Gasteiger charge is 2.62. The second-order valence-electron chi connectivity index (χ2n) is 3.95. The van der Waals surface area contributed by atoms with E-state index in [1.807, 2.05) is 27.7 Å². The molecule has 0 saturated carbocycles. The molecule has 0 fully saturated rings. The van der Waals surface area contributed by atoms with E-state index in [0.717, 1.165) is 0 Å². The van der Waals surface area contributed by atoms with Crippen LogP contribution in [-0.4, -0.2) is 11.7 Å². The van der Waals surface area contributed by atoms with Gasteiger partial charge in [-0.2, -0.15) is 0 Å². The molecule has 13 heavy (non-hydrogen) atoms. The fourth-order valence-corrected chi connectivity index (χ4v) is 13.1. The van der Waals surface area contributed by atoms with Gasteiger partial charge in [0.25, 0.3) is 6.21 Å². The Morgan fingerprint density at radius 1 is 0.923 bits per heavy atom. The summed E-state index contributed by atoms with van der Waals surface area (Å²) in [5.74, 6) is 0.303. The van der Waals surface area contributed by atoms with Crippen LogP contribution in [-0.2, 0) is 0 Å². The van der Waals surface area contributed by atoms with Gasteiger partial charge in [0, 0.05) is 0 Å². The summed E-state index contributed by atoms with van der Waals surface area (Å²) >= 11 is 30.3. The number of hydrogen-bond acceptors (Lipinski definition) is 0. The molecule has 0 amide bonds. The first-order valence-electron chi connectivity index (χ1n) is 3.89. The van der Waals surface area contributed by atoms with Gasteiger partial charge in [-0.3, -0.25) is 0 Å². The molecule has 0 saturated heterocycles. The SMILES string of the molecule is CC(C)C(C)(C)[Si](Cl)(Cl)[Si](Cl)(Cl)Cl. The Labute approximate surface area is 105 Å². The lowest BCUT2D eigenvalue weighted by molar-refractivity contribution is 0.473. The van der Waals surface area contributed by atoms with Crippen LogP contribution in [0.3, 0.4) is 0 Å². The van der Waals surface area contributed by atoms with Gasteiger partial charge >= 0.3 is 5.52 Å². The van der Waals surface area contributed by atoms with Crippen LogP contribution in [0, 0.1) is 5.92 Å². The second-order valence-corrected chi connectivity index (χ2v) is 27.5. The van der Waals surface area contributed by atoms with Gasteiger partial charge in [0.15, 0.2) is 0 Å². The first kappa shape index (κ1) is 14.9. The predicted octanol–water partition coefficient (Wildman–Crippen LogP) is 5.08. The first-order valence-corrected chi connectivity index (χ1v) is 13.9. The molecule has 0 aliphatic rings. The molecular formula is C6H13Cl5Si2. The first-order chi connectivity index (χ1) is 5.44. The van der Waals surface area contributed by atoms with Crippen LogP contribution < -0.4 is 0 Å². The fraction of sp³-hybridized carbons (Fsp3) is 1.00.